The van der Waals surface area contributed by atoms with Gasteiger partial charge in [0.1, 0.15) is 26.4 Å². The molecule has 0 spiro atoms. The topological polar surface area (TPSA) is 158 Å². The summed E-state index contributed by atoms with van der Waals surface area (Å²) in [5.41, 5.74) is 0. The molecule has 0 aromatic heterocycles. The normalized spacial score (nSPS) is 11.6. The van der Waals surface area contributed by atoms with Crippen LogP contribution in [0.15, 0.2) is 12.2 Å². The molecule has 0 N–H and O–H groups in total. The van der Waals surface area contributed by atoms with E-state index >= 15 is 0 Å². The number of rotatable bonds is 90. The van der Waals surface area contributed by atoms with Gasteiger partial charge in [-0.2, -0.15) is 0 Å². The van der Waals surface area contributed by atoms with E-state index in [0.717, 1.165) is 141 Å². The van der Waals surface area contributed by atoms with Crippen LogP contribution >= 0.6 is 0 Å². The largest absolute Gasteiger partial charge is 0.462 e. The van der Waals surface area contributed by atoms with E-state index in [9.17, 15) is 28.8 Å². The van der Waals surface area contributed by atoms with Gasteiger partial charge in [-0.1, -0.05) is 438 Å². The van der Waals surface area contributed by atoms with Gasteiger partial charge in [-0.15, -0.1) is 0 Å². The molecule has 0 atom stereocenters. The summed E-state index contributed by atoms with van der Waals surface area (Å²) in [4.78, 5) is 77.4. The smallest absolute Gasteiger partial charge is 0.306 e. The SMILES string of the molecule is CCCCCCCCCCCCCCCCCC(=O)OCC(COC(=O)CCCCCCCCCCCCCCCCC)OC(=O)CCCCCCCC=CCCCCCCCC(=O)OC(COC(=O)CCCCCCCCCCCCCCCCC)COC(=O)CCCCCCCCCCCCCCCCC. The van der Waals surface area contributed by atoms with E-state index in [1.165, 1.54) is 308 Å². The van der Waals surface area contributed by atoms with Crippen LogP contribution in [0.5, 0.6) is 0 Å². The van der Waals surface area contributed by atoms with E-state index in [0.29, 0.717) is 38.5 Å². The molecule has 0 amide bonds. The van der Waals surface area contributed by atoms with Crippen LogP contribution in [0.25, 0.3) is 0 Å². The van der Waals surface area contributed by atoms with Crippen molar-refractivity contribution < 1.29 is 57.2 Å². The fourth-order valence-corrected chi connectivity index (χ4v) is 14.7. The molecule has 0 aliphatic heterocycles. The fourth-order valence-electron chi connectivity index (χ4n) is 14.7. The zero-order chi connectivity index (χ0) is 78.3. The molecule has 0 unspecified atom stereocenters. The Bertz CT molecular complexity index is 1700. The van der Waals surface area contributed by atoms with Crippen molar-refractivity contribution in [1.82, 2.24) is 0 Å². The molecule has 108 heavy (non-hydrogen) atoms. The van der Waals surface area contributed by atoms with Crippen LogP contribution < -0.4 is 0 Å². The summed E-state index contributed by atoms with van der Waals surface area (Å²) in [6, 6.07) is 0. The first-order valence-corrected chi connectivity index (χ1v) is 47.8. The third-order valence-corrected chi connectivity index (χ3v) is 21.9. The lowest BCUT2D eigenvalue weighted by atomic mass is 10.0. The van der Waals surface area contributed by atoms with Crippen molar-refractivity contribution in [3.8, 4) is 0 Å². The Labute approximate surface area is 668 Å². The third-order valence-electron chi connectivity index (χ3n) is 21.9. The number of ether oxygens (including phenoxy) is 6. The molecular formula is C96H180O12. The maximum Gasteiger partial charge on any atom is 0.306 e. The van der Waals surface area contributed by atoms with E-state index in [2.05, 4.69) is 39.8 Å². The lowest BCUT2D eigenvalue weighted by molar-refractivity contribution is -0.167. The summed E-state index contributed by atoms with van der Waals surface area (Å²) >= 11 is 0. The maximum atomic E-state index is 13.1. The summed E-state index contributed by atoms with van der Waals surface area (Å²) < 4.78 is 34.1. The number of carbonyl (C=O) groups excluding carboxylic acids is 6. The first-order valence-electron chi connectivity index (χ1n) is 47.8. The highest BCUT2D eigenvalue weighted by Crippen LogP contribution is 2.21. The van der Waals surface area contributed by atoms with Gasteiger partial charge in [-0.25, -0.2) is 0 Å². The second kappa shape index (κ2) is 89.1. The van der Waals surface area contributed by atoms with Crippen molar-refractivity contribution in [2.75, 3.05) is 26.4 Å². The minimum absolute atomic E-state index is 0.104. The van der Waals surface area contributed by atoms with Crippen LogP contribution in [0.1, 0.15) is 529 Å². The van der Waals surface area contributed by atoms with Crippen LogP contribution in [-0.4, -0.2) is 74.5 Å². The molecule has 0 radical (unpaired) electrons. The number of hydrogen-bond donors (Lipinski definition) is 0. The predicted octanol–water partition coefficient (Wildman–Crippen LogP) is 30.0. The highest BCUT2D eigenvalue weighted by atomic mass is 16.6. The summed E-state index contributed by atoms with van der Waals surface area (Å²) in [5.74, 6) is -1.88. The van der Waals surface area contributed by atoms with Crippen molar-refractivity contribution in [3.05, 3.63) is 12.2 Å². The molecule has 0 aliphatic rings. The van der Waals surface area contributed by atoms with Crippen molar-refractivity contribution in [3.63, 3.8) is 0 Å². The average molecular weight is 1530 g/mol. The molecule has 0 aromatic rings. The Morgan fingerprint density at radius 1 is 0.176 bits per heavy atom. The van der Waals surface area contributed by atoms with Crippen LogP contribution in [0.3, 0.4) is 0 Å². The third kappa shape index (κ3) is 85.0. The second-order valence-corrected chi connectivity index (χ2v) is 32.8. The minimum atomic E-state index is -0.817. The lowest BCUT2D eigenvalue weighted by Gasteiger charge is -2.18. The van der Waals surface area contributed by atoms with Gasteiger partial charge in [0, 0.05) is 38.5 Å². The van der Waals surface area contributed by atoms with Crippen molar-refractivity contribution >= 4 is 35.8 Å². The number of allylic oxidation sites excluding steroid dienone is 2. The van der Waals surface area contributed by atoms with Crippen LogP contribution in [0, 0.1) is 0 Å². The number of esters is 6. The number of hydrogen-bond acceptors (Lipinski definition) is 12. The van der Waals surface area contributed by atoms with E-state index < -0.39 is 12.2 Å². The summed E-state index contributed by atoms with van der Waals surface area (Å²) in [7, 11) is 0. The molecule has 0 aliphatic carbocycles. The Balaban J connectivity index is 4.71. The summed E-state index contributed by atoms with van der Waals surface area (Å²) in [6.07, 6.45) is 92.4. The quantitative estimate of drug-likeness (QED) is 0.0246. The van der Waals surface area contributed by atoms with Crippen LogP contribution in [-0.2, 0) is 57.2 Å². The fraction of sp³-hybridized carbons (Fsp3) is 0.917. The molecule has 0 saturated heterocycles. The zero-order valence-electron chi connectivity index (χ0n) is 72.2. The van der Waals surface area contributed by atoms with Gasteiger partial charge in [0.25, 0.3) is 0 Å². The summed E-state index contributed by atoms with van der Waals surface area (Å²) in [5, 5.41) is 0. The summed E-state index contributed by atoms with van der Waals surface area (Å²) in [6.45, 7) is 8.67. The molecule has 0 heterocycles. The monoisotopic (exact) mass is 1530 g/mol. The lowest BCUT2D eigenvalue weighted by Crippen LogP contribution is -2.30. The maximum absolute atomic E-state index is 13.1. The van der Waals surface area contributed by atoms with Gasteiger partial charge in [-0.3, -0.25) is 28.8 Å². The van der Waals surface area contributed by atoms with Gasteiger partial charge < -0.3 is 28.4 Å². The van der Waals surface area contributed by atoms with Crippen LogP contribution in [0.2, 0.25) is 0 Å². The van der Waals surface area contributed by atoms with Crippen molar-refractivity contribution in [2.24, 2.45) is 0 Å². The Hall–Kier alpha value is -3.44. The number of carbonyl (C=O) groups is 6. The molecular weight excluding hydrogens is 1350 g/mol. The van der Waals surface area contributed by atoms with E-state index in [4.69, 9.17) is 28.4 Å². The average Bonchev–Trinajstić information content (AvgIpc) is 0.954. The first kappa shape index (κ1) is 105. The molecule has 636 valence electrons. The molecule has 0 bridgehead atoms. The van der Waals surface area contributed by atoms with Gasteiger partial charge in [0.05, 0.1) is 0 Å². The zero-order valence-corrected chi connectivity index (χ0v) is 72.2. The van der Waals surface area contributed by atoms with Gasteiger partial charge in [0.2, 0.25) is 0 Å². The predicted molar refractivity (Wildman–Crippen MR) is 456 cm³/mol. The highest BCUT2D eigenvalue weighted by molar-refractivity contribution is 5.72. The highest BCUT2D eigenvalue weighted by Gasteiger charge is 2.22. The molecule has 0 rings (SSSR count). The standard InChI is InChI=1S/C96H180O12/c1-5-9-13-17-21-25-29-33-37-43-49-55-61-67-73-79-91(97)103-85-89(86-104-92(98)80-74-68-62-56-50-44-38-34-30-26-22-18-14-10-6-2)107-95(101)83-77-71-65-59-53-47-41-42-48-54-60-66-72-78-84-96(102)108-90(87-105-93(99)81-75-69-63-57-51-45-39-35-31-27-23-19-15-11-7-3)88-106-94(100)82-76-70-64-58-52-46-40-36-32-28-24-20-16-12-8-4/h41-42,89-90H,5-40,43-88H2,1-4H3. The molecule has 0 saturated carbocycles. The Morgan fingerprint density at radius 2 is 0.306 bits per heavy atom. The van der Waals surface area contributed by atoms with Gasteiger partial charge >= 0.3 is 35.8 Å². The van der Waals surface area contributed by atoms with E-state index in [1.54, 1.807) is 0 Å². The Morgan fingerprint density at radius 3 is 0.463 bits per heavy atom. The number of unbranched alkanes of at least 4 members (excludes halogenated alkanes) is 66. The molecule has 0 fully saturated rings. The van der Waals surface area contributed by atoms with E-state index in [1.807, 2.05) is 0 Å². The van der Waals surface area contributed by atoms with Gasteiger partial charge in [0.15, 0.2) is 12.2 Å². The molecule has 0 aromatic carbocycles. The minimum Gasteiger partial charge on any atom is -0.462 e. The second-order valence-electron chi connectivity index (χ2n) is 32.8. The molecule has 12 nitrogen and oxygen atoms in total. The van der Waals surface area contributed by atoms with Crippen LogP contribution in [0.4, 0.5) is 0 Å². The molecule has 12 heteroatoms. The Kier molecular flexibility index (Phi) is 86.3. The van der Waals surface area contributed by atoms with Crippen molar-refractivity contribution in [1.29, 1.82) is 0 Å². The van der Waals surface area contributed by atoms with Gasteiger partial charge in [-0.05, 0) is 64.2 Å². The first-order chi connectivity index (χ1) is 53.1. The van der Waals surface area contributed by atoms with E-state index in [-0.39, 0.29) is 75.1 Å². The van der Waals surface area contributed by atoms with Crippen molar-refractivity contribution in [2.45, 2.75) is 541 Å².